The highest BCUT2D eigenvalue weighted by Gasteiger charge is 2.19. The van der Waals surface area contributed by atoms with E-state index in [2.05, 4.69) is 20.3 Å². The Balaban J connectivity index is 1.89. The van der Waals surface area contributed by atoms with Crippen LogP contribution in [-0.2, 0) is 4.74 Å². The highest BCUT2D eigenvalue weighted by atomic mass is 32.1. The number of thiophene rings is 1. The zero-order valence-corrected chi connectivity index (χ0v) is 16.8. The quantitative estimate of drug-likeness (QED) is 0.574. The lowest BCUT2D eigenvalue weighted by Gasteiger charge is -2.15. The molecule has 3 aromatic rings. The van der Waals surface area contributed by atoms with Crippen LogP contribution in [0.5, 0.6) is 0 Å². The second-order valence-electron chi connectivity index (χ2n) is 6.63. The van der Waals surface area contributed by atoms with Crippen LogP contribution in [0.15, 0.2) is 30.6 Å². The van der Waals surface area contributed by atoms with Crippen molar-refractivity contribution in [2.24, 2.45) is 0 Å². The van der Waals surface area contributed by atoms with Gasteiger partial charge in [-0.25, -0.2) is 9.97 Å². The predicted octanol–water partition coefficient (Wildman–Crippen LogP) is 4.57. The molecule has 3 rings (SSSR count). The van der Waals surface area contributed by atoms with Crippen LogP contribution in [0.4, 0.5) is 5.95 Å². The number of hydrogen-bond acceptors (Lipinski definition) is 7. The Morgan fingerprint density at radius 3 is 2.85 bits per heavy atom. The molecule has 0 radical (unpaired) electrons. The summed E-state index contributed by atoms with van der Waals surface area (Å²) in [6, 6.07) is 5.87. The van der Waals surface area contributed by atoms with Crippen LogP contribution in [0, 0.1) is 6.92 Å². The molecule has 0 fully saturated rings. The van der Waals surface area contributed by atoms with Gasteiger partial charge in [0, 0.05) is 30.8 Å². The number of methoxy groups -OCH3 is 1. The summed E-state index contributed by atoms with van der Waals surface area (Å²) >= 11 is 1.56. The molecule has 3 heterocycles. The van der Waals surface area contributed by atoms with E-state index < -0.39 is 0 Å². The smallest absolute Gasteiger partial charge is 0.224 e. The Hall–Kier alpha value is -2.38. The van der Waals surface area contributed by atoms with Crippen LogP contribution >= 0.6 is 11.3 Å². The van der Waals surface area contributed by atoms with Gasteiger partial charge in [-0.3, -0.25) is 9.78 Å². The molecule has 0 bridgehead atoms. The third-order valence-electron chi connectivity index (χ3n) is 4.47. The summed E-state index contributed by atoms with van der Waals surface area (Å²) in [7, 11) is 1.66. The summed E-state index contributed by atoms with van der Waals surface area (Å²) in [5, 5.41) is 3.30. The lowest BCUT2D eigenvalue weighted by Crippen LogP contribution is -2.13. The molecule has 142 valence electrons. The Kier molecular flexibility index (Phi) is 6.13. The average molecular weight is 385 g/mol. The normalized spacial score (nSPS) is 13.5. The van der Waals surface area contributed by atoms with E-state index in [1.54, 1.807) is 24.6 Å². The van der Waals surface area contributed by atoms with Gasteiger partial charge in [-0.05, 0) is 44.9 Å². The summed E-state index contributed by atoms with van der Waals surface area (Å²) < 4.78 is 6.10. The first-order chi connectivity index (χ1) is 13.0. The third-order valence-corrected chi connectivity index (χ3v) is 5.52. The van der Waals surface area contributed by atoms with E-state index in [1.165, 1.54) is 0 Å². The van der Waals surface area contributed by atoms with E-state index in [1.807, 2.05) is 45.2 Å². The first kappa shape index (κ1) is 19.4. The molecule has 6 nitrogen and oxygen atoms in total. The van der Waals surface area contributed by atoms with Crippen LogP contribution in [0.3, 0.4) is 0 Å². The van der Waals surface area contributed by atoms with E-state index in [0.29, 0.717) is 24.5 Å². The second-order valence-corrected chi connectivity index (χ2v) is 7.88. The number of nitrogens with one attached hydrogen (secondary N) is 1. The maximum Gasteiger partial charge on any atom is 0.224 e. The number of carbonyl (C=O) groups is 1. The van der Waals surface area contributed by atoms with Crippen molar-refractivity contribution in [1.82, 2.24) is 15.0 Å². The largest absolute Gasteiger partial charge is 0.382 e. The Labute approximate surface area is 163 Å². The van der Waals surface area contributed by atoms with Crippen molar-refractivity contribution in [2.75, 3.05) is 12.4 Å². The van der Waals surface area contributed by atoms with Crippen LogP contribution in [-0.4, -0.2) is 33.9 Å². The van der Waals surface area contributed by atoms with E-state index in [0.717, 1.165) is 20.7 Å². The van der Waals surface area contributed by atoms with Gasteiger partial charge >= 0.3 is 0 Å². The maximum atomic E-state index is 12.8. The summed E-state index contributed by atoms with van der Waals surface area (Å²) in [4.78, 5) is 27.2. The summed E-state index contributed by atoms with van der Waals surface area (Å²) in [5.41, 5.74) is 2.32. The topological polar surface area (TPSA) is 77.0 Å². The highest BCUT2D eigenvalue weighted by molar-refractivity contribution is 7.19. The number of ketones is 1. The number of pyridine rings is 1. The number of aromatic nitrogens is 3. The molecule has 0 aliphatic carbocycles. The van der Waals surface area contributed by atoms with E-state index in [9.17, 15) is 4.79 Å². The van der Waals surface area contributed by atoms with Gasteiger partial charge in [-0.2, -0.15) is 0 Å². The molecule has 0 amide bonds. The average Bonchev–Trinajstić information content (AvgIpc) is 3.05. The van der Waals surface area contributed by atoms with Crippen molar-refractivity contribution in [2.45, 2.75) is 45.8 Å². The monoisotopic (exact) mass is 384 g/mol. The Morgan fingerprint density at radius 1 is 1.33 bits per heavy atom. The van der Waals surface area contributed by atoms with Crippen molar-refractivity contribution in [1.29, 1.82) is 0 Å². The standard InChI is InChI=1S/C20H24N4O2S/c1-12(26-4)7-8-17(25)18-19-16(10-13(2)27-19)23-20(24-18)22-14(3)15-6-5-9-21-11-15/h5-6,9-12,14H,7-8H2,1-4H3,(H,22,23,24)/t12-,14-/m0/s1. The molecule has 1 N–H and O–H groups in total. The first-order valence-corrected chi connectivity index (χ1v) is 9.80. The van der Waals surface area contributed by atoms with Gasteiger partial charge in [-0.15, -0.1) is 11.3 Å². The lowest BCUT2D eigenvalue weighted by atomic mass is 10.1. The third kappa shape index (κ3) is 4.67. The Bertz CT molecular complexity index is 926. The SMILES string of the molecule is CO[C@@H](C)CCC(=O)c1nc(N[C@@H](C)c2cccnc2)nc2cc(C)sc12. The van der Waals surface area contributed by atoms with Crippen LogP contribution in [0.25, 0.3) is 10.2 Å². The molecule has 3 aromatic heterocycles. The highest BCUT2D eigenvalue weighted by Crippen LogP contribution is 2.29. The van der Waals surface area contributed by atoms with Gasteiger partial charge in [-0.1, -0.05) is 6.07 Å². The van der Waals surface area contributed by atoms with Crippen LogP contribution in [0.1, 0.15) is 53.7 Å². The van der Waals surface area contributed by atoms with E-state index in [4.69, 9.17) is 4.74 Å². The van der Waals surface area contributed by atoms with Crippen LogP contribution in [0.2, 0.25) is 0 Å². The number of ether oxygens (including phenoxy) is 1. The number of aryl methyl sites for hydroxylation is 1. The molecule has 7 heteroatoms. The number of carbonyl (C=O) groups excluding carboxylic acids is 1. The molecule has 0 aliphatic heterocycles. The predicted molar refractivity (Wildman–Crippen MR) is 108 cm³/mol. The van der Waals surface area contributed by atoms with Gasteiger partial charge in [0.15, 0.2) is 5.78 Å². The molecule has 0 saturated heterocycles. The minimum absolute atomic E-state index is 0.0187. The Morgan fingerprint density at radius 2 is 2.15 bits per heavy atom. The molecule has 0 spiro atoms. The number of anilines is 1. The maximum absolute atomic E-state index is 12.8. The molecule has 0 saturated carbocycles. The molecule has 0 aliphatic rings. The fraction of sp³-hybridized carbons (Fsp3) is 0.400. The number of rotatable bonds is 8. The number of fused-ring (bicyclic) bond motifs is 1. The van der Waals surface area contributed by atoms with Gasteiger partial charge < -0.3 is 10.1 Å². The van der Waals surface area contributed by atoms with Crippen molar-refractivity contribution >= 4 is 33.3 Å². The minimum Gasteiger partial charge on any atom is -0.382 e. The molecular weight excluding hydrogens is 360 g/mol. The van der Waals surface area contributed by atoms with Crippen molar-refractivity contribution in [3.63, 3.8) is 0 Å². The molecule has 0 unspecified atom stereocenters. The van der Waals surface area contributed by atoms with Gasteiger partial charge in [0.2, 0.25) is 5.95 Å². The van der Waals surface area contributed by atoms with Crippen molar-refractivity contribution in [3.05, 3.63) is 46.7 Å². The zero-order valence-electron chi connectivity index (χ0n) is 16.0. The lowest BCUT2D eigenvalue weighted by molar-refractivity contribution is 0.0875. The number of hydrogen-bond donors (Lipinski definition) is 1. The van der Waals surface area contributed by atoms with E-state index in [-0.39, 0.29) is 17.9 Å². The van der Waals surface area contributed by atoms with Crippen LogP contribution < -0.4 is 5.32 Å². The van der Waals surface area contributed by atoms with E-state index >= 15 is 0 Å². The first-order valence-electron chi connectivity index (χ1n) is 8.98. The van der Waals surface area contributed by atoms with Crippen molar-refractivity contribution in [3.8, 4) is 0 Å². The molecular formula is C20H24N4O2S. The zero-order chi connectivity index (χ0) is 19.4. The number of nitrogens with zero attached hydrogens (tertiary/aromatic N) is 3. The summed E-state index contributed by atoms with van der Waals surface area (Å²) in [6.07, 6.45) is 4.66. The number of Topliss-reactive ketones (excluding diaryl/α,β-unsaturated/α-hetero) is 1. The van der Waals surface area contributed by atoms with Gasteiger partial charge in [0.05, 0.1) is 22.4 Å². The second kappa shape index (κ2) is 8.54. The minimum atomic E-state index is -0.0210. The molecule has 2 atom stereocenters. The fourth-order valence-electron chi connectivity index (χ4n) is 2.78. The fourth-order valence-corrected chi connectivity index (χ4v) is 3.74. The summed E-state index contributed by atoms with van der Waals surface area (Å²) in [5.74, 6) is 0.477. The van der Waals surface area contributed by atoms with Crippen molar-refractivity contribution < 1.29 is 9.53 Å². The molecule has 0 aromatic carbocycles. The van der Waals surface area contributed by atoms with Gasteiger partial charge in [0.25, 0.3) is 0 Å². The molecule has 27 heavy (non-hydrogen) atoms. The summed E-state index contributed by atoms with van der Waals surface area (Å²) in [6.45, 7) is 5.99. The van der Waals surface area contributed by atoms with Gasteiger partial charge in [0.1, 0.15) is 5.69 Å².